The molecule has 2 N–H and O–H groups in total. The number of hydrogen-bond donors (Lipinski definition) is 1. The van der Waals surface area contributed by atoms with Crippen molar-refractivity contribution in [3.63, 3.8) is 0 Å². The van der Waals surface area contributed by atoms with E-state index in [2.05, 4.69) is 27.4 Å². The molecule has 0 saturated carbocycles. The van der Waals surface area contributed by atoms with Crippen molar-refractivity contribution in [2.24, 2.45) is 5.73 Å². The van der Waals surface area contributed by atoms with Gasteiger partial charge in [-0.15, -0.1) is 11.3 Å². The van der Waals surface area contributed by atoms with Crippen LogP contribution < -0.4 is 5.73 Å². The highest BCUT2D eigenvalue weighted by molar-refractivity contribution is 7.10. The summed E-state index contributed by atoms with van der Waals surface area (Å²) in [4.78, 5) is 8.57. The minimum atomic E-state index is 0.516. The molecule has 3 heterocycles. The molecule has 0 radical (unpaired) electrons. The summed E-state index contributed by atoms with van der Waals surface area (Å²) in [5, 5.41) is 2.20. The number of nitrogens with zero attached hydrogens (tertiary/aromatic N) is 2. The third-order valence-electron chi connectivity index (χ3n) is 3.35. The van der Waals surface area contributed by atoms with E-state index in [-0.39, 0.29) is 0 Å². The Balaban J connectivity index is 1.70. The number of nitrogens with two attached hydrogens (primary N) is 1. The minimum Gasteiger partial charge on any atom is -0.325 e. The zero-order valence-electron chi connectivity index (χ0n) is 10.3. The average Bonchev–Trinajstić information content (AvgIpc) is 2.86. The van der Waals surface area contributed by atoms with Crippen LogP contribution in [0.3, 0.4) is 0 Å². The summed E-state index contributed by atoms with van der Waals surface area (Å²) < 4.78 is 0. The first-order chi connectivity index (χ1) is 8.85. The number of thiophene rings is 1. The van der Waals surface area contributed by atoms with Crippen molar-refractivity contribution in [3.8, 4) is 0 Å². The second-order valence-electron chi connectivity index (χ2n) is 4.65. The largest absolute Gasteiger partial charge is 0.325 e. The number of fused-ring (bicyclic) bond motifs is 1. The van der Waals surface area contributed by atoms with Gasteiger partial charge in [0.05, 0.1) is 11.4 Å². The van der Waals surface area contributed by atoms with Gasteiger partial charge in [-0.1, -0.05) is 6.07 Å². The van der Waals surface area contributed by atoms with Crippen LogP contribution in [0.1, 0.15) is 21.8 Å². The van der Waals surface area contributed by atoms with Gasteiger partial charge in [-0.3, -0.25) is 9.88 Å². The number of hydrogen-bond acceptors (Lipinski definition) is 4. The van der Waals surface area contributed by atoms with E-state index in [0.717, 1.165) is 31.0 Å². The van der Waals surface area contributed by atoms with Crippen molar-refractivity contribution < 1.29 is 0 Å². The fraction of sp³-hybridized carbons (Fsp3) is 0.357. The zero-order valence-corrected chi connectivity index (χ0v) is 11.1. The third-order valence-corrected chi connectivity index (χ3v) is 4.37. The first kappa shape index (κ1) is 11.8. The van der Waals surface area contributed by atoms with Gasteiger partial charge in [-0.2, -0.15) is 0 Å². The summed E-state index contributed by atoms with van der Waals surface area (Å²) >= 11 is 1.88. The normalized spacial score (nSPS) is 15.6. The van der Waals surface area contributed by atoms with E-state index in [9.17, 15) is 0 Å². The molecule has 0 fully saturated rings. The van der Waals surface area contributed by atoms with Gasteiger partial charge in [0.2, 0.25) is 0 Å². The van der Waals surface area contributed by atoms with Crippen LogP contribution in [-0.4, -0.2) is 16.4 Å². The average molecular weight is 259 g/mol. The van der Waals surface area contributed by atoms with E-state index < -0.39 is 0 Å². The lowest BCUT2D eigenvalue weighted by molar-refractivity contribution is 0.244. The maximum atomic E-state index is 5.63. The van der Waals surface area contributed by atoms with E-state index in [4.69, 9.17) is 5.73 Å². The Morgan fingerprint density at radius 3 is 3.06 bits per heavy atom. The predicted octanol–water partition coefficient (Wildman–Crippen LogP) is 2.16. The maximum absolute atomic E-state index is 5.63. The van der Waals surface area contributed by atoms with E-state index in [1.165, 1.54) is 12.0 Å². The van der Waals surface area contributed by atoms with Gasteiger partial charge in [0.25, 0.3) is 0 Å². The number of aromatic nitrogens is 1. The molecule has 94 valence electrons. The third kappa shape index (κ3) is 2.46. The van der Waals surface area contributed by atoms with Crippen LogP contribution in [0.2, 0.25) is 0 Å². The monoisotopic (exact) mass is 259 g/mol. The second-order valence-corrected chi connectivity index (χ2v) is 5.65. The summed E-state index contributed by atoms with van der Waals surface area (Å²) in [5.74, 6) is 0. The van der Waals surface area contributed by atoms with E-state index in [1.54, 1.807) is 4.88 Å². The Bertz CT molecular complexity index is 535. The molecule has 1 aliphatic rings. The number of pyridine rings is 1. The van der Waals surface area contributed by atoms with Gasteiger partial charge in [0.15, 0.2) is 0 Å². The smallest absolute Gasteiger partial charge is 0.0548 e. The van der Waals surface area contributed by atoms with E-state index >= 15 is 0 Å². The Kier molecular flexibility index (Phi) is 3.41. The van der Waals surface area contributed by atoms with Gasteiger partial charge >= 0.3 is 0 Å². The van der Waals surface area contributed by atoms with Crippen LogP contribution in [0.15, 0.2) is 29.6 Å². The van der Waals surface area contributed by atoms with E-state index in [0.29, 0.717) is 6.54 Å². The lowest BCUT2D eigenvalue weighted by Crippen LogP contribution is -2.29. The van der Waals surface area contributed by atoms with Crippen LogP contribution in [0.5, 0.6) is 0 Å². The molecule has 3 rings (SSSR count). The summed E-state index contributed by atoms with van der Waals surface area (Å²) in [6, 6.07) is 8.36. The van der Waals surface area contributed by atoms with Crippen molar-refractivity contribution in [2.45, 2.75) is 26.1 Å². The van der Waals surface area contributed by atoms with Crippen molar-refractivity contribution >= 4 is 11.3 Å². The maximum Gasteiger partial charge on any atom is 0.0548 e. The molecule has 4 heteroatoms. The topological polar surface area (TPSA) is 42.1 Å². The Morgan fingerprint density at radius 1 is 1.28 bits per heavy atom. The summed E-state index contributed by atoms with van der Waals surface area (Å²) in [7, 11) is 0. The summed E-state index contributed by atoms with van der Waals surface area (Å²) in [5.41, 5.74) is 9.21. The Hall–Kier alpha value is -1.23. The molecule has 3 nitrogen and oxygen atoms in total. The Labute approximate surface area is 111 Å². The summed E-state index contributed by atoms with van der Waals surface area (Å²) in [6.45, 7) is 3.61. The van der Waals surface area contributed by atoms with Gasteiger partial charge in [-0.25, -0.2) is 0 Å². The second kappa shape index (κ2) is 5.18. The quantitative estimate of drug-likeness (QED) is 0.918. The molecule has 0 aliphatic carbocycles. The lowest BCUT2D eigenvalue weighted by Gasteiger charge is -2.26. The molecule has 0 aromatic carbocycles. The van der Waals surface area contributed by atoms with Crippen molar-refractivity contribution in [2.75, 3.05) is 6.54 Å². The minimum absolute atomic E-state index is 0.516. The molecule has 2 aromatic rings. The molecule has 2 aromatic heterocycles. The van der Waals surface area contributed by atoms with E-state index in [1.807, 2.05) is 23.5 Å². The molecule has 0 spiro atoms. The first-order valence-corrected chi connectivity index (χ1v) is 7.15. The van der Waals surface area contributed by atoms with Crippen LogP contribution >= 0.6 is 11.3 Å². The van der Waals surface area contributed by atoms with Crippen molar-refractivity contribution in [1.29, 1.82) is 0 Å². The van der Waals surface area contributed by atoms with Gasteiger partial charge in [0, 0.05) is 31.1 Å². The van der Waals surface area contributed by atoms with Crippen LogP contribution in [0.25, 0.3) is 0 Å². The summed E-state index contributed by atoms with van der Waals surface area (Å²) in [6.07, 6.45) is 1.17. The predicted molar refractivity (Wildman–Crippen MR) is 74.3 cm³/mol. The van der Waals surface area contributed by atoms with Crippen LogP contribution in [-0.2, 0) is 26.1 Å². The van der Waals surface area contributed by atoms with Crippen LogP contribution in [0.4, 0.5) is 0 Å². The molecular weight excluding hydrogens is 242 g/mol. The first-order valence-electron chi connectivity index (χ1n) is 6.27. The number of rotatable bonds is 3. The molecule has 1 aliphatic heterocycles. The molecule has 0 atom stereocenters. The fourth-order valence-electron chi connectivity index (χ4n) is 2.40. The molecule has 0 unspecified atom stereocenters. The van der Waals surface area contributed by atoms with Crippen molar-refractivity contribution in [3.05, 3.63) is 51.5 Å². The highest BCUT2D eigenvalue weighted by Crippen LogP contribution is 2.24. The van der Waals surface area contributed by atoms with Crippen LogP contribution in [0, 0.1) is 0 Å². The molecule has 0 saturated heterocycles. The SMILES string of the molecule is NCc1cccc(CN2CCc3sccc3C2)n1. The van der Waals surface area contributed by atoms with Gasteiger partial charge < -0.3 is 5.73 Å². The lowest BCUT2D eigenvalue weighted by atomic mass is 10.1. The fourth-order valence-corrected chi connectivity index (χ4v) is 3.29. The Morgan fingerprint density at radius 2 is 2.17 bits per heavy atom. The molecule has 0 amide bonds. The van der Waals surface area contributed by atoms with Gasteiger partial charge in [-0.05, 0) is 35.6 Å². The van der Waals surface area contributed by atoms with Gasteiger partial charge in [0.1, 0.15) is 0 Å². The molecular formula is C14H17N3S. The molecule has 18 heavy (non-hydrogen) atoms. The highest BCUT2D eigenvalue weighted by atomic mass is 32.1. The zero-order chi connectivity index (χ0) is 12.4. The molecule has 0 bridgehead atoms. The standard InChI is InChI=1S/C14H17N3S/c15-8-12-2-1-3-13(16-12)10-17-6-4-14-11(9-17)5-7-18-14/h1-3,5,7H,4,6,8-10,15H2. The van der Waals surface area contributed by atoms with Crippen molar-refractivity contribution in [1.82, 2.24) is 9.88 Å². The highest BCUT2D eigenvalue weighted by Gasteiger charge is 2.17.